The molecule has 1 aromatic heterocycles. The number of rotatable bonds is 6. The van der Waals surface area contributed by atoms with Gasteiger partial charge in [-0.25, -0.2) is 4.98 Å². The van der Waals surface area contributed by atoms with Crippen LogP contribution >= 0.6 is 11.6 Å². The molecule has 0 amide bonds. The molecular formula is C11H16ClN3O3. The van der Waals surface area contributed by atoms with Crippen LogP contribution in [-0.2, 0) is 4.74 Å². The van der Waals surface area contributed by atoms with Crippen molar-refractivity contribution >= 4 is 23.1 Å². The molecule has 100 valence electrons. The molecule has 0 aromatic carbocycles. The van der Waals surface area contributed by atoms with Crippen molar-refractivity contribution in [2.75, 3.05) is 25.1 Å². The van der Waals surface area contributed by atoms with Crippen LogP contribution in [0, 0.1) is 10.1 Å². The van der Waals surface area contributed by atoms with E-state index in [2.05, 4.69) is 4.98 Å². The molecule has 0 atom stereocenters. The van der Waals surface area contributed by atoms with E-state index in [1.54, 1.807) is 11.9 Å². The second-order valence-electron chi connectivity index (χ2n) is 4.10. The van der Waals surface area contributed by atoms with E-state index < -0.39 is 4.92 Å². The maximum atomic E-state index is 10.7. The second kappa shape index (κ2) is 6.51. The normalized spacial score (nSPS) is 10.7. The Labute approximate surface area is 111 Å². The summed E-state index contributed by atoms with van der Waals surface area (Å²) in [5.41, 5.74) is -0.0679. The Bertz CT molecular complexity index is 426. The molecule has 0 aliphatic heterocycles. The number of anilines is 1. The molecule has 0 spiro atoms. The van der Waals surface area contributed by atoms with Gasteiger partial charge >= 0.3 is 0 Å². The average molecular weight is 274 g/mol. The van der Waals surface area contributed by atoms with E-state index in [-0.39, 0.29) is 16.9 Å². The Morgan fingerprint density at radius 2 is 2.22 bits per heavy atom. The van der Waals surface area contributed by atoms with Crippen molar-refractivity contribution in [3.8, 4) is 0 Å². The number of hydrogen-bond acceptors (Lipinski definition) is 5. The molecule has 0 N–H and O–H groups in total. The van der Waals surface area contributed by atoms with Gasteiger partial charge < -0.3 is 9.64 Å². The third-order valence-corrected chi connectivity index (χ3v) is 2.44. The zero-order valence-corrected chi connectivity index (χ0v) is 11.3. The summed E-state index contributed by atoms with van der Waals surface area (Å²) in [5.74, 6) is 0.460. The quantitative estimate of drug-likeness (QED) is 0.452. The maximum absolute atomic E-state index is 10.7. The molecule has 1 rings (SSSR count). The fourth-order valence-corrected chi connectivity index (χ4v) is 1.51. The summed E-state index contributed by atoms with van der Waals surface area (Å²) in [6.45, 7) is 5.00. The Kier molecular flexibility index (Phi) is 5.30. The van der Waals surface area contributed by atoms with Crippen molar-refractivity contribution in [2.24, 2.45) is 0 Å². The number of hydrogen-bond donors (Lipinski definition) is 0. The Morgan fingerprint density at radius 3 is 2.78 bits per heavy atom. The molecule has 1 heterocycles. The number of nitrogens with zero attached hydrogens (tertiary/aromatic N) is 3. The Morgan fingerprint density at radius 1 is 1.56 bits per heavy atom. The van der Waals surface area contributed by atoms with Crippen molar-refractivity contribution in [3.05, 3.63) is 27.4 Å². The molecule has 0 radical (unpaired) electrons. The topological polar surface area (TPSA) is 68.5 Å². The van der Waals surface area contributed by atoms with Gasteiger partial charge in [0, 0.05) is 13.6 Å². The smallest absolute Gasteiger partial charge is 0.276 e. The maximum Gasteiger partial charge on any atom is 0.276 e. The predicted octanol–water partition coefficient (Wildman–Crippen LogP) is 2.50. The van der Waals surface area contributed by atoms with E-state index in [0.717, 1.165) is 0 Å². The standard InChI is InChI=1S/C11H16ClN3O3/c1-8(2)18-5-4-14(3)11-7-9(15(16)17)6-10(12)13-11/h6-8H,4-5H2,1-3H3. The van der Waals surface area contributed by atoms with Gasteiger partial charge in [0.2, 0.25) is 0 Å². The SMILES string of the molecule is CC(C)OCCN(C)c1cc([N+](=O)[O-])cc(Cl)n1. The van der Waals surface area contributed by atoms with Gasteiger partial charge in [-0.05, 0) is 13.8 Å². The molecule has 1 aromatic rings. The highest BCUT2D eigenvalue weighted by molar-refractivity contribution is 6.29. The van der Waals surface area contributed by atoms with E-state index in [1.165, 1.54) is 12.1 Å². The van der Waals surface area contributed by atoms with E-state index in [4.69, 9.17) is 16.3 Å². The van der Waals surface area contributed by atoms with Gasteiger partial charge in [-0.1, -0.05) is 11.6 Å². The molecule has 0 saturated heterocycles. The van der Waals surface area contributed by atoms with Crippen LogP contribution in [0.5, 0.6) is 0 Å². The van der Waals surface area contributed by atoms with Gasteiger partial charge in [0.1, 0.15) is 11.0 Å². The van der Waals surface area contributed by atoms with Crippen molar-refractivity contribution in [2.45, 2.75) is 20.0 Å². The van der Waals surface area contributed by atoms with Gasteiger partial charge in [-0.15, -0.1) is 0 Å². The van der Waals surface area contributed by atoms with Crippen LogP contribution in [0.25, 0.3) is 0 Å². The molecule has 0 aliphatic carbocycles. The minimum absolute atomic E-state index is 0.0679. The van der Waals surface area contributed by atoms with E-state index in [9.17, 15) is 10.1 Å². The van der Waals surface area contributed by atoms with E-state index >= 15 is 0 Å². The number of halogens is 1. The molecule has 6 nitrogen and oxygen atoms in total. The first-order valence-corrected chi connectivity index (χ1v) is 5.92. The van der Waals surface area contributed by atoms with Crippen molar-refractivity contribution in [3.63, 3.8) is 0 Å². The minimum atomic E-state index is -0.491. The van der Waals surface area contributed by atoms with Gasteiger partial charge in [-0.2, -0.15) is 0 Å². The molecule has 0 saturated carbocycles. The molecule has 0 fully saturated rings. The highest BCUT2D eigenvalue weighted by Gasteiger charge is 2.12. The lowest BCUT2D eigenvalue weighted by Crippen LogP contribution is -2.24. The second-order valence-corrected chi connectivity index (χ2v) is 4.49. The summed E-state index contributed by atoms with van der Waals surface area (Å²) in [4.78, 5) is 16.0. The Hall–Kier alpha value is -1.40. The van der Waals surface area contributed by atoms with Crippen molar-refractivity contribution in [1.82, 2.24) is 4.98 Å². The first-order chi connectivity index (χ1) is 8.40. The summed E-state index contributed by atoms with van der Waals surface area (Å²) in [5, 5.41) is 10.8. The zero-order valence-electron chi connectivity index (χ0n) is 10.6. The molecule has 18 heavy (non-hydrogen) atoms. The molecule has 0 bridgehead atoms. The summed E-state index contributed by atoms with van der Waals surface area (Å²) in [6.07, 6.45) is 0.153. The Balaban J connectivity index is 2.73. The van der Waals surface area contributed by atoms with Gasteiger partial charge in [0.05, 0.1) is 29.8 Å². The molecule has 7 heteroatoms. The predicted molar refractivity (Wildman–Crippen MR) is 70.3 cm³/mol. The third-order valence-electron chi connectivity index (χ3n) is 2.25. The first kappa shape index (κ1) is 14.7. The van der Waals surface area contributed by atoms with Crippen LogP contribution in [0.1, 0.15) is 13.8 Å². The summed E-state index contributed by atoms with van der Waals surface area (Å²) in [7, 11) is 1.78. The van der Waals surface area contributed by atoms with Crippen molar-refractivity contribution in [1.29, 1.82) is 0 Å². The van der Waals surface area contributed by atoms with Crippen molar-refractivity contribution < 1.29 is 9.66 Å². The summed E-state index contributed by atoms with van der Waals surface area (Å²) >= 11 is 5.75. The number of ether oxygens (including phenoxy) is 1. The fraction of sp³-hybridized carbons (Fsp3) is 0.545. The molecule has 0 unspecified atom stereocenters. The van der Waals surface area contributed by atoms with E-state index in [1.807, 2.05) is 13.8 Å². The fourth-order valence-electron chi connectivity index (χ4n) is 1.31. The lowest BCUT2D eigenvalue weighted by Gasteiger charge is -2.18. The van der Waals surface area contributed by atoms with Gasteiger partial charge in [0.15, 0.2) is 0 Å². The lowest BCUT2D eigenvalue weighted by atomic mass is 10.4. The van der Waals surface area contributed by atoms with Gasteiger partial charge in [-0.3, -0.25) is 10.1 Å². The largest absolute Gasteiger partial charge is 0.377 e. The lowest BCUT2D eigenvalue weighted by molar-refractivity contribution is -0.384. The van der Waals surface area contributed by atoms with Crippen LogP contribution in [0.4, 0.5) is 11.5 Å². The highest BCUT2D eigenvalue weighted by Crippen LogP contribution is 2.22. The number of pyridine rings is 1. The molecule has 0 aliphatic rings. The van der Waals surface area contributed by atoms with Crippen LogP contribution in [0.3, 0.4) is 0 Å². The number of nitro groups is 1. The monoisotopic (exact) mass is 273 g/mol. The van der Waals surface area contributed by atoms with Crippen LogP contribution in [-0.4, -0.2) is 36.2 Å². The molecular weight excluding hydrogens is 258 g/mol. The average Bonchev–Trinajstić information content (AvgIpc) is 2.27. The first-order valence-electron chi connectivity index (χ1n) is 5.55. The van der Waals surface area contributed by atoms with Crippen LogP contribution in [0.15, 0.2) is 12.1 Å². The van der Waals surface area contributed by atoms with Crippen LogP contribution < -0.4 is 4.90 Å². The number of likely N-dealkylation sites (N-methyl/N-ethyl adjacent to an activating group) is 1. The minimum Gasteiger partial charge on any atom is -0.377 e. The summed E-state index contributed by atoms with van der Waals surface area (Å²) < 4.78 is 5.41. The van der Waals surface area contributed by atoms with E-state index in [0.29, 0.717) is 19.0 Å². The summed E-state index contributed by atoms with van der Waals surface area (Å²) in [6, 6.07) is 2.62. The zero-order chi connectivity index (χ0) is 13.7. The third kappa shape index (κ3) is 4.46. The highest BCUT2D eigenvalue weighted by atomic mass is 35.5. The van der Waals surface area contributed by atoms with Crippen LogP contribution in [0.2, 0.25) is 5.15 Å². The number of aromatic nitrogens is 1. The van der Waals surface area contributed by atoms with Gasteiger partial charge in [0.25, 0.3) is 5.69 Å².